The molecule has 0 bridgehead atoms. The van der Waals surface area contributed by atoms with Crippen molar-refractivity contribution in [3.8, 4) is 0 Å². The van der Waals surface area contributed by atoms with E-state index in [-0.39, 0.29) is 24.0 Å². The van der Waals surface area contributed by atoms with Crippen molar-refractivity contribution in [2.24, 2.45) is 4.99 Å². The highest BCUT2D eigenvalue weighted by Crippen LogP contribution is 2.09. The van der Waals surface area contributed by atoms with Crippen molar-refractivity contribution < 1.29 is 0 Å². The summed E-state index contributed by atoms with van der Waals surface area (Å²) in [5.41, 5.74) is 1.24. The summed E-state index contributed by atoms with van der Waals surface area (Å²) in [6.45, 7) is 5.02. The van der Waals surface area contributed by atoms with Gasteiger partial charge in [0.15, 0.2) is 5.96 Å². The summed E-state index contributed by atoms with van der Waals surface area (Å²) >= 11 is 0. The van der Waals surface area contributed by atoms with Gasteiger partial charge in [0, 0.05) is 39.4 Å². The van der Waals surface area contributed by atoms with E-state index in [1.54, 1.807) is 0 Å². The van der Waals surface area contributed by atoms with E-state index in [0.717, 1.165) is 25.6 Å². The van der Waals surface area contributed by atoms with Gasteiger partial charge in [-0.1, -0.05) is 38.0 Å². The summed E-state index contributed by atoms with van der Waals surface area (Å²) < 4.78 is 0. The Morgan fingerprint density at radius 3 is 2.38 bits per heavy atom. The molecule has 0 amide bonds. The molecule has 1 rings (SSSR count). The third-order valence-corrected chi connectivity index (χ3v) is 3.23. The van der Waals surface area contributed by atoms with Crippen LogP contribution in [0.3, 0.4) is 0 Å². The first-order chi connectivity index (χ1) is 9.77. The van der Waals surface area contributed by atoms with Crippen LogP contribution in [-0.2, 0) is 0 Å². The predicted molar refractivity (Wildman–Crippen MR) is 104 cm³/mol. The lowest BCUT2D eigenvalue weighted by atomic mass is 10.2. The van der Waals surface area contributed by atoms with E-state index in [1.807, 2.05) is 13.1 Å². The van der Waals surface area contributed by atoms with Crippen molar-refractivity contribution in [1.82, 2.24) is 10.6 Å². The molecule has 0 atom stereocenters. The molecule has 0 aliphatic carbocycles. The van der Waals surface area contributed by atoms with E-state index >= 15 is 0 Å². The lowest BCUT2D eigenvalue weighted by Crippen LogP contribution is -2.41. The van der Waals surface area contributed by atoms with Crippen LogP contribution >= 0.6 is 24.0 Å². The molecule has 4 nitrogen and oxygen atoms in total. The molecule has 0 aliphatic heterocycles. The molecule has 0 saturated heterocycles. The molecular weight excluding hydrogens is 375 g/mol. The van der Waals surface area contributed by atoms with Crippen LogP contribution in [0.2, 0.25) is 0 Å². The Morgan fingerprint density at radius 2 is 1.76 bits per heavy atom. The highest BCUT2D eigenvalue weighted by atomic mass is 127. The monoisotopic (exact) mass is 404 g/mol. The standard InChI is InChI=1S/C16H28N4.HI/c1-4-5-9-12-18-16(17-2)19-13-14-20(3)15-10-7-6-8-11-15;/h6-8,10-11H,4-5,9,12-14H2,1-3H3,(H2,17,18,19);1H. The fraction of sp³-hybridized carbons (Fsp3) is 0.562. The molecule has 0 saturated carbocycles. The van der Waals surface area contributed by atoms with Crippen LogP contribution in [0.5, 0.6) is 0 Å². The Bertz CT molecular complexity index is 381. The number of halogens is 1. The second-order valence-corrected chi connectivity index (χ2v) is 4.89. The van der Waals surface area contributed by atoms with Crippen molar-refractivity contribution in [2.45, 2.75) is 26.2 Å². The average molecular weight is 404 g/mol. The van der Waals surface area contributed by atoms with Crippen LogP contribution in [0.4, 0.5) is 5.69 Å². The molecule has 0 spiro atoms. The van der Waals surface area contributed by atoms with Crippen LogP contribution < -0.4 is 15.5 Å². The van der Waals surface area contributed by atoms with Gasteiger partial charge in [0.05, 0.1) is 0 Å². The molecule has 21 heavy (non-hydrogen) atoms. The zero-order valence-electron chi connectivity index (χ0n) is 13.4. The molecular formula is C16H29IN4. The van der Waals surface area contributed by atoms with E-state index in [0.29, 0.717) is 0 Å². The van der Waals surface area contributed by atoms with Gasteiger partial charge in [0.25, 0.3) is 0 Å². The minimum atomic E-state index is 0. The van der Waals surface area contributed by atoms with Crippen LogP contribution in [-0.4, -0.2) is 39.7 Å². The highest BCUT2D eigenvalue weighted by molar-refractivity contribution is 14.0. The lowest BCUT2D eigenvalue weighted by Gasteiger charge is -2.20. The van der Waals surface area contributed by atoms with Crippen molar-refractivity contribution >= 4 is 35.6 Å². The number of para-hydroxylation sites is 1. The SMILES string of the molecule is CCCCCNC(=NC)NCCN(C)c1ccccc1.I. The number of hydrogen-bond acceptors (Lipinski definition) is 2. The number of anilines is 1. The minimum Gasteiger partial charge on any atom is -0.373 e. The van der Waals surface area contributed by atoms with Gasteiger partial charge >= 0.3 is 0 Å². The molecule has 0 fully saturated rings. The maximum Gasteiger partial charge on any atom is 0.191 e. The third-order valence-electron chi connectivity index (χ3n) is 3.23. The van der Waals surface area contributed by atoms with E-state index in [9.17, 15) is 0 Å². The lowest BCUT2D eigenvalue weighted by molar-refractivity contribution is 0.681. The maximum atomic E-state index is 4.23. The summed E-state index contributed by atoms with van der Waals surface area (Å²) in [4.78, 5) is 6.46. The Kier molecular flexibility index (Phi) is 12.1. The second-order valence-electron chi connectivity index (χ2n) is 4.89. The van der Waals surface area contributed by atoms with Gasteiger partial charge in [0.1, 0.15) is 0 Å². The largest absolute Gasteiger partial charge is 0.373 e. The maximum absolute atomic E-state index is 4.23. The van der Waals surface area contributed by atoms with Crippen molar-refractivity contribution in [3.63, 3.8) is 0 Å². The molecule has 0 aliphatic rings. The van der Waals surface area contributed by atoms with Crippen LogP contribution in [0.25, 0.3) is 0 Å². The summed E-state index contributed by atoms with van der Waals surface area (Å²) in [6, 6.07) is 10.4. The molecule has 1 aromatic rings. The summed E-state index contributed by atoms with van der Waals surface area (Å²) in [5.74, 6) is 0.891. The zero-order chi connectivity index (χ0) is 14.6. The zero-order valence-corrected chi connectivity index (χ0v) is 15.8. The van der Waals surface area contributed by atoms with Gasteiger partial charge in [0.2, 0.25) is 0 Å². The summed E-state index contributed by atoms with van der Waals surface area (Å²) in [7, 11) is 3.92. The number of unbranched alkanes of at least 4 members (excludes halogenated alkanes) is 2. The molecule has 0 aromatic heterocycles. The fourth-order valence-electron chi connectivity index (χ4n) is 1.96. The van der Waals surface area contributed by atoms with Crippen LogP contribution in [0.1, 0.15) is 26.2 Å². The van der Waals surface area contributed by atoms with E-state index in [1.165, 1.54) is 24.9 Å². The third kappa shape index (κ3) is 8.80. The van der Waals surface area contributed by atoms with Crippen molar-refractivity contribution in [1.29, 1.82) is 0 Å². The van der Waals surface area contributed by atoms with Crippen molar-refractivity contribution in [2.75, 3.05) is 38.6 Å². The Balaban J connectivity index is 0.00000400. The fourth-order valence-corrected chi connectivity index (χ4v) is 1.96. The molecule has 120 valence electrons. The molecule has 0 unspecified atom stereocenters. The molecule has 1 aromatic carbocycles. The molecule has 0 heterocycles. The van der Waals surface area contributed by atoms with E-state index in [4.69, 9.17) is 0 Å². The normalized spacial score (nSPS) is 10.7. The number of hydrogen-bond donors (Lipinski definition) is 2. The number of aliphatic imine (C=N–C) groups is 1. The number of nitrogens with one attached hydrogen (secondary N) is 2. The average Bonchev–Trinajstić information content (AvgIpc) is 2.50. The number of likely N-dealkylation sites (N-methyl/N-ethyl adjacent to an activating group) is 1. The Morgan fingerprint density at radius 1 is 1.10 bits per heavy atom. The first-order valence-corrected chi connectivity index (χ1v) is 7.48. The van der Waals surface area contributed by atoms with Gasteiger partial charge in [-0.2, -0.15) is 0 Å². The number of benzene rings is 1. The second kappa shape index (κ2) is 12.7. The number of guanidine groups is 1. The minimum absolute atomic E-state index is 0. The first-order valence-electron chi connectivity index (χ1n) is 7.48. The quantitative estimate of drug-likeness (QED) is 0.303. The van der Waals surface area contributed by atoms with E-state index < -0.39 is 0 Å². The first kappa shape index (κ1) is 20.0. The summed E-state index contributed by atoms with van der Waals surface area (Å²) in [5, 5.41) is 6.68. The predicted octanol–water partition coefficient (Wildman–Crippen LogP) is 3.10. The smallest absolute Gasteiger partial charge is 0.191 e. The van der Waals surface area contributed by atoms with Gasteiger partial charge in [-0.25, -0.2) is 0 Å². The van der Waals surface area contributed by atoms with Crippen LogP contribution in [0.15, 0.2) is 35.3 Å². The van der Waals surface area contributed by atoms with Gasteiger partial charge in [-0.3, -0.25) is 4.99 Å². The summed E-state index contributed by atoms with van der Waals surface area (Å²) in [6.07, 6.45) is 3.71. The number of nitrogens with zero attached hydrogens (tertiary/aromatic N) is 2. The Labute approximate surface area is 146 Å². The molecule has 5 heteroatoms. The topological polar surface area (TPSA) is 39.7 Å². The molecule has 0 radical (unpaired) electrons. The Hall–Kier alpha value is -0.980. The van der Waals surface area contributed by atoms with E-state index in [2.05, 4.69) is 58.8 Å². The van der Waals surface area contributed by atoms with Gasteiger partial charge in [-0.05, 0) is 18.6 Å². The molecule has 2 N–H and O–H groups in total. The van der Waals surface area contributed by atoms with Crippen molar-refractivity contribution in [3.05, 3.63) is 30.3 Å². The van der Waals surface area contributed by atoms with Crippen LogP contribution in [0, 0.1) is 0 Å². The van der Waals surface area contributed by atoms with Gasteiger partial charge < -0.3 is 15.5 Å². The highest BCUT2D eigenvalue weighted by Gasteiger charge is 2.00. The number of rotatable bonds is 8. The van der Waals surface area contributed by atoms with Gasteiger partial charge in [-0.15, -0.1) is 24.0 Å².